The Balaban J connectivity index is 1.79. The number of non-ortho nitro benzene ring substituents is 1. The van der Waals surface area contributed by atoms with Crippen molar-refractivity contribution < 1.29 is 29.3 Å². The predicted octanol–water partition coefficient (Wildman–Crippen LogP) is 3.32. The van der Waals surface area contributed by atoms with Crippen LogP contribution in [0, 0.1) is 17.0 Å². The van der Waals surface area contributed by atoms with Gasteiger partial charge in [-0.25, -0.2) is 4.98 Å². The largest absolute Gasteiger partial charge is 0.872 e. The van der Waals surface area contributed by atoms with Crippen LogP contribution in [-0.4, -0.2) is 28.1 Å². The minimum atomic E-state index is -0.992. The number of carbonyl (C=O) groups excluding carboxylic acids is 2. The quantitative estimate of drug-likeness (QED) is 0.111. The number of unbranched alkanes of at least 4 members (excludes halogenated alkanes) is 1. The van der Waals surface area contributed by atoms with Crippen LogP contribution in [0.5, 0.6) is 5.75 Å². The number of nitro benzene ring substituents is 1. The smallest absolute Gasteiger partial charge is 0.295 e. The average molecular weight is 502 g/mol. The number of Topliss-reactive ketones (excluding diaryl/α,β-unsaturated/α-hetero) is 1. The van der Waals surface area contributed by atoms with Crippen molar-refractivity contribution in [3.63, 3.8) is 0 Å². The van der Waals surface area contributed by atoms with E-state index in [-0.39, 0.29) is 17.8 Å². The van der Waals surface area contributed by atoms with Crippen molar-refractivity contribution in [2.75, 3.05) is 6.61 Å². The van der Waals surface area contributed by atoms with Gasteiger partial charge in [-0.1, -0.05) is 25.2 Å². The number of nitro groups is 1. The predicted molar refractivity (Wildman–Crippen MR) is 133 cm³/mol. The highest BCUT2D eigenvalue weighted by atomic mass is 16.6. The number of aromatic nitrogens is 1. The fraction of sp³-hybridized carbons (Fsp3) is 0.250. The molecule has 9 nitrogen and oxygen atoms in total. The van der Waals surface area contributed by atoms with Crippen molar-refractivity contribution in [3.8, 4) is 5.75 Å². The number of carbonyl (C=O) groups is 2. The number of aromatic amines is 1. The van der Waals surface area contributed by atoms with Gasteiger partial charge < -0.3 is 14.7 Å². The van der Waals surface area contributed by atoms with Gasteiger partial charge >= 0.3 is 0 Å². The summed E-state index contributed by atoms with van der Waals surface area (Å²) >= 11 is 0. The molecule has 9 heteroatoms. The summed E-state index contributed by atoms with van der Waals surface area (Å²) < 4.78 is 5.72. The third kappa shape index (κ3) is 5.35. The van der Waals surface area contributed by atoms with Crippen LogP contribution in [0.2, 0.25) is 0 Å². The van der Waals surface area contributed by atoms with E-state index in [0.29, 0.717) is 29.0 Å². The normalized spacial score (nSPS) is 16.7. The zero-order valence-corrected chi connectivity index (χ0v) is 20.6. The average Bonchev–Trinajstić information content (AvgIpc) is 3.14. The lowest BCUT2D eigenvalue weighted by atomic mass is 9.93. The van der Waals surface area contributed by atoms with Crippen LogP contribution in [0.15, 0.2) is 72.6 Å². The molecular weight excluding hydrogens is 474 g/mol. The Morgan fingerprint density at radius 1 is 1.14 bits per heavy atom. The van der Waals surface area contributed by atoms with E-state index in [0.717, 1.165) is 18.4 Å². The number of likely N-dealkylation sites (tertiary alicyclic amines) is 1. The molecule has 1 amide bonds. The van der Waals surface area contributed by atoms with E-state index in [1.54, 1.807) is 49.6 Å². The first-order valence-corrected chi connectivity index (χ1v) is 12.0. The third-order valence-corrected chi connectivity index (χ3v) is 6.28. The second-order valence-corrected chi connectivity index (χ2v) is 8.85. The van der Waals surface area contributed by atoms with Crippen molar-refractivity contribution in [1.29, 1.82) is 0 Å². The third-order valence-electron chi connectivity index (χ3n) is 6.28. The number of nitrogens with zero attached hydrogens (tertiary/aromatic N) is 2. The van der Waals surface area contributed by atoms with Crippen LogP contribution in [0.3, 0.4) is 0 Å². The number of ketones is 1. The lowest BCUT2D eigenvalue weighted by molar-refractivity contribution is -0.384. The summed E-state index contributed by atoms with van der Waals surface area (Å²) in [7, 11) is 0. The Morgan fingerprint density at radius 3 is 2.51 bits per heavy atom. The molecule has 1 N–H and O–H groups in total. The van der Waals surface area contributed by atoms with Gasteiger partial charge in [-0.15, -0.1) is 0 Å². The lowest BCUT2D eigenvalue weighted by Gasteiger charge is -2.27. The van der Waals surface area contributed by atoms with Crippen molar-refractivity contribution >= 4 is 23.1 Å². The maximum absolute atomic E-state index is 13.8. The molecule has 3 aromatic rings. The molecule has 1 unspecified atom stereocenters. The van der Waals surface area contributed by atoms with Gasteiger partial charge in [0.15, 0.2) is 12.4 Å². The summed E-state index contributed by atoms with van der Waals surface area (Å²) in [6.07, 6.45) is 5.31. The number of rotatable bonds is 9. The number of ether oxygens (including phenoxy) is 1. The molecule has 4 rings (SSSR count). The van der Waals surface area contributed by atoms with Gasteiger partial charge in [0, 0.05) is 29.3 Å². The Morgan fingerprint density at radius 2 is 1.89 bits per heavy atom. The first kappa shape index (κ1) is 25.6. The molecular formula is C28H27N3O6. The number of H-pyrrole nitrogens is 1. The SMILES string of the molecule is CCCCOc1ccc(C([O-])=C2C(=O)C(=O)N(Cc3ccc[nH+]c3)C2c2ccc([N+](=O)[O-])cc2)c(C)c1. The van der Waals surface area contributed by atoms with Crippen LogP contribution >= 0.6 is 0 Å². The lowest BCUT2D eigenvalue weighted by Crippen LogP contribution is -2.29. The number of hydrogen-bond donors (Lipinski definition) is 0. The van der Waals surface area contributed by atoms with Crippen LogP contribution < -0.4 is 14.8 Å². The minimum absolute atomic E-state index is 0.0730. The van der Waals surface area contributed by atoms with E-state index in [4.69, 9.17) is 4.74 Å². The van der Waals surface area contributed by atoms with Crippen molar-refractivity contribution in [1.82, 2.24) is 4.90 Å². The zero-order valence-electron chi connectivity index (χ0n) is 20.6. The molecule has 37 heavy (non-hydrogen) atoms. The molecule has 1 aliphatic rings. The number of hydrogen-bond acceptors (Lipinski definition) is 6. The van der Waals surface area contributed by atoms with Crippen molar-refractivity contribution in [2.45, 2.75) is 39.3 Å². The summed E-state index contributed by atoms with van der Waals surface area (Å²) in [5.41, 5.74) is 1.76. The molecule has 2 heterocycles. The van der Waals surface area contributed by atoms with Gasteiger partial charge in [0.05, 0.1) is 24.1 Å². The van der Waals surface area contributed by atoms with Gasteiger partial charge in [0.2, 0.25) is 5.78 Å². The minimum Gasteiger partial charge on any atom is -0.872 e. The molecule has 1 aromatic heterocycles. The number of benzene rings is 2. The molecule has 1 aliphatic heterocycles. The molecule has 0 aliphatic carbocycles. The second kappa shape index (κ2) is 11.0. The Kier molecular flexibility index (Phi) is 7.62. The van der Waals surface area contributed by atoms with E-state index >= 15 is 0 Å². The van der Waals surface area contributed by atoms with Gasteiger partial charge in [-0.3, -0.25) is 19.7 Å². The number of pyridine rings is 1. The van der Waals surface area contributed by atoms with Crippen LogP contribution in [0.25, 0.3) is 5.76 Å². The van der Waals surface area contributed by atoms with E-state index in [1.165, 1.54) is 29.2 Å². The van der Waals surface area contributed by atoms with E-state index in [1.807, 2.05) is 0 Å². The monoisotopic (exact) mass is 501 g/mol. The topological polar surface area (TPSA) is 127 Å². The summed E-state index contributed by atoms with van der Waals surface area (Å²) in [6.45, 7) is 4.44. The number of nitrogens with one attached hydrogen (secondary N) is 1. The van der Waals surface area contributed by atoms with Crippen LogP contribution in [0.1, 0.15) is 48.1 Å². The molecule has 1 saturated heterocycles. The van der Waals surface area contributed by atoms with E-state index < -0.39 is 28.4 Å². The number of amides is 1. The Labute approximate surface area is 214 Å². The van der Waals surface area contributed by atoms with Crippen molar-refractivity contribution in [2.24, 2.45) is 0 Å². The fourth-order valence-corrected chi connectivity index (χ4v) is 4.34. The van der Waals surface area contributed by atoms with Gasteiger partial charge in [-0.2, -0.15) is 0 Å². The summed E-state index contributed by atoms with van der Waals surface area (Å²) in [6, 6.07) is 13.1. The van der Waals surface area contributed by atoms with Crippen molar-refractivity contribution in [3.05, 3.63) is 105 Å². The molecule has 2 aromatic carbocycles. The van der Waals surface area contributed by atoms with Gasteiger partial charge in [0.1, 0.15) is 5.75 Å². The molecule has 0 saturated carbocycles. The van der Waals surface area contributed by atoms with Gasteiger partial charge in [-0.05, 0) is 60.4 Å². The highest BCUT2D eigenvalue weighted by molar-refractivity contribution is 6.46. The number of aryl methyl sites for hydroxylation is 1. The summed E-state index contributed by atoms with van der Waals surface area (Å²) in [4.78, 5) is 41.3. The maximum atomic E-state index is 13.8. The standard InChI is InChI=1S/C28H27N3O6/c1-3-4-14-37-22-11-12-23(18(2)15-22)26(32)24-25(20-7-9-21(10-8-20)31(35)36)30(28(34)27(24)33)17-19-6-5-13-29-16-19/h5-13,15-16,25,32H,3-4,14,17H2,1-2H3. The fourth-order valence-electron chi connectivity index (χ4n) is 4.34. The van der Waals surface area contributed by atoms with E-state index in [2.05, 4.69) is 11.9 Å². The van der Waals surface area contributed by atoms with E-state index in [9.17, 15) is 24.8 Å². The summed E-state index contributed by atoms with van der Waals surface area (Å²) in [5, 5.41) is 24.9. The molecule has 0 radical (unpaired) electrons. The highest BCUT2D eigenvalue weighted by Gasteiger charge is 2.44. The Bertz CT molecular complexity index is 1350. The molecule has 1 fully saturated rings. The summed E-state index contributed by atoms with van der Waals surface area (Å²) in [5.74, 6) is -1.61. The molecule has 0 spiro atoms. The first-order chi connectivity index (χ1) is 17.8. The Hall–Kier alpha value is -4.53. The van der Waals surface area contributed by atoms with Gasteiger partial charge in [0.25, 0.3) is 11.6 Å². The molecule has 1 atom stereocenters. The van der Waals surface area contributed by atoms with Crippen LogP contribution in [-0.2, 0) is 16.1 Å². The maximum Gasteiger partial charge on any atom is 0.295 e. The van der Waals surface area contributed by atoms with Crippen LogP contribution in [0.4, 0.5) is 5.69 Å². The zero-order chi connectivity index (χ0) is 26.5. The molecule has 190 valence electrons. The second-order valence-electron chi connectivity index (χ2n) is 8.85. The molecule has 0 bridgehead atoms. The first-order valence-electron chi connectivity index (χ1n) is 12.0. The highest BCUT2D eigenvalue weighted by Crippen LogP contribution is 2.40.